The van der Waals surface area contributed by atoms with Gasteiger partial charge in [-0.05, 0) is 29.5 Å². The van der Waals surface area contributed by atoms with Gasteiger partial charge in [-0.15, -0.1) is 0 Å². The van der Waals surface area contributed by atoms with E-state index in [-0.39, 0.29) is 0 Å². The minimum Gasteiger partial charge on any atom is -0.180 e. The molecule has 0 spiro atoms. The molecule has 0 radical (unpaired) electrons. The average Bonchev–Trinajstić information content (AvgIpc) is 2.14. The molecular weight excluding hydrogens is 215 g/mol. The highest BCUT2D eigenvalue weighted by molar-refractivity contribution is 7.91. The molecule has 0 fully saturated rings. The van der Waals surface area contributed by atoms with Gasteiger partial charge in [0.2, 0.25) is 0 Å². The predicted octanol–water partition coefficient (Wildman–Crippen LogP) is 2.42. The van der Waals surface area contributed by atoms with Gasteiger partial charge in [0.25, 0.3) is 0 Å². The van der Waals surface area contributed by atoms with Crippen LogP contribution in [0.1, 0.15) is 30.9 Å². The lowest BCUT2D eigenvalue weighted by Gasteiger charge is -2.03. The fraction of sp³-hybridized carbons (Fsp3) is 0.273. The standard InChI is InChI=1S/C11H11FO2S/c1-9(2)11-5-3-10(4-6-11)7-8-15(12,13)14/h3-6,9H,1-2H3. The van der Waals surface area contributed by atoms with Crippen LogP contribution in [0.25, 0.3) is 0 Å². The van der Waals surface area contributed by atoms with E-state index in [0.29, 0.717) is 11.5 Å². The molecule has 1 rings (SSSR count). The Morgan fingerprint density at radius 3 is 2.13 bits per heavy atom. The second-order valence-corrected chi connectivity index (χ2v) is 4.52. The van der Waals surface area contributed by atoms with Crippen molar-refractivity contribution in [1.82, 2.24) is 0 Å². The number of halogens is 1. The summed E-state index contributed by atoms with van der Waals surface area (Å²) in [7, 11) is -4.71. The molecule has 0 aliphatic rings. The van der Waals surface area contributed by atoms with E-state index in [1.54, 1.807) is 17.4 Å². The summed E-state index contributed by atoms with van der Waals surface area (Å²) in [5.74, 6) is 2.64. The van der Waals surface area contributed by atoms with Gasteiger partial charge in [-0.1, -0.05) is 29.9 Å². The zero-order valence-corrected chi connectivity index (χ0v) is 9.31. The number of hydrogen-bond acceptors (Lipinski definition) is 2. The van der Waals surface area contributed by atoms with Crippen molar-refractivity contribution < 1.29 is 12.3 Å². The molecule has 0 saturated heterocycles. The zero-order chi connectivity index (χ0) is 11.5. The first kappa shape index (κ1) is 11.7. The predicted molar refractivity (Wildman–Crippen MR) is 57.4 cm³/mol. The van der Waals surface area contributed by atoms with Gasteiger partial charge < -0.3 is 0 Å². The summed E-state index contributed by atoms with van der Waals surface area (Å²) in [6, 6.07) is 7.04. The van der Waals surface area contributed by atoms with Gasteiger partial charge >= 0.3 is 10.2 Å². The summed E-state index contributed by atoms with van der Waals surface area (Å²) in [4.78, 5) is 0. The van der Waals surface area contributed by atoms with E-state index in [2.05, 4.69) is 5.92 Å². The van der Waals surface area contributed by atoms with Crippen molar-refractivity contribution in [2.24, 2.45) is 0 Å². The molecule has 0 N–H and O–H groups in total. The van der Waals surface area contributed by atoms with Crippen LogP contribution in [-0.2, 0) is 10.2 Å². The van der Waals surface area contributed by atoms with E-state index < -0.39 is 10.2 Å². The van der Waals surface area contributed by atoms with Crippen molar-refractivity contribution in [2.45, 2.75) is 19.8 Å². The van der Waals surface area contributed by atoms with Gasteiger partial charge in [0, 0.05) is 5.56 Å². The highest BCUT2D eigenvalue weighted by Gasteiger charge is 1.99. The van der Waals surface area contributed by atoms with Gasteiger partial charge in [-0.3, -0.25) is 0 Å². The fourth-order valence-electron chi connectivity index (χ4n) is 1.07. The summed E-state index contributed by atoms with van der Waals surface area (Å²) in [6.45, 7) is 4.10. The van der Waals surface area contributed by atoms with E-state index in [0.717, 1.165) is 5.56 Å². The van der Waals surface area contributed by atoms with Gasteiger partial charge in [0.15, 0.2) is 0 Å². The topological polar surface area (TPSA) is 34.1 Å². The Morgan fingerprint density at radius 2 is 1.73 bits per heavy atom. The van der Waals surface area contributed by atoms with E-state index >= 15 is 0 Å². The van der Waals surface area contributed by atoms with Gasteiger partial charge in [-0.25, -0.2) is 0 Å². The molecule has 1 aromatic carbocycles. The maximum atomic E-state index is 12.1. The van der Waals surface area contributed by atoms with Crippen molar-refractivity contribution in [3.63, 3.8) is 0 Å². The zero-order valence-electron chi connectivity index (χ0n) is 8.49. The molecule has 0 amide bonds. The monoisotopic (exact) mass is 226 g/mol. The van der Waals surface area contributed by atoms with Crippen molar-refractivity contribution in [1.29, 1.82) is 0 Å². The maximum Gasteiger partial charge on any atom is 0.373 e. The van der Waals surface area contributed by atoms with Crippen LogP contribution in [0.5, 0.6) is 0 Å². The first-order chi connectivity index (χ1) is 6.88. The Morgan fingerprint density at radius 1 is 1.20 bits per heavy atom. The Kier molecular flexibility index (Phi) is 3.48. The van der Waals surface area contributed by atoms with Crippen molar-refractivity contribution in [3.05, 3.63) is 35.4 Å². The van der Waals surface area contributed by atoms with Crippen LogP contribution < -0.4 is 0 Å². The summed E-state index contributed by atoms with van der Waals surface area (Å²) in [5.41, 5.74) is 1.62. The highest BCUT2D eigenvalue weighted by Crippen LogP contribution is 2.14. The largest absolute Gasteiger partial charge is 0.373 e. The number of benzene rings is 1. The third-order valence-corrected chi connectivity index (χ3v) is 2.24. The normalized spacial score (nSPS) is 10.9. The second-order valence-electron chi connectivity index (χ2n) is 3.44. The van der Waals surface area contributed by atoms with Crippen molar-refractivity contribution in [2.75, 3.05) is 0 Å². The molecular formula is C11H11FO2S. The molecule has 0 saturated carbocycles. The lowest BCUT2D eigenvalue weighted by molar-refractivity contribution is 0.565. The molecule has 15 heavy (non-hydrogen) atoms. The van der Waals surface area contributed by atoms with Crippen molar-refractivity contribution >= 4 is 10.2 Å². The average molecular weight is 226 g/mol. The summed E-state index contributed by atoms with van der Waals surface area (Å²) >= 11 is 0. The minimum atomic E-state index is -4.71. The van der Waals surface area contributed by atoms with Crippen LogP contribution >= 0.6 is 0 Å². The van der Waals surface area contributed by atoms with Gasteiger partial charge in [-0.2, -0.15) is 8.42 Å². The Bertz CT molecular complexity index is 490. The van der Waals surface area contributed by atoms with Gasteiger partial charge in [0.1, 0.15) is 0 Å². The molecule has 4 heteroatoms. The lowest BCUT2D eigenvalue weighted by Crippen LogP contribution is -1.87. The smallest absolute Gasteiger partial charge is 0.180 e. The van der Waals surface area contributed by atoms with Crippen LogP contribution in [0.15, 0.2) is 24.3 Å². The molecule has 0 aliphatic heterocycles. The van der Waals surface area contributed by atoms with Gasteiger partial charge in [0.05, 0.1) is 5.25 Å². The molecule has 0 unspecified atom stereocenters. The van der Waals surface area contributed by atoms with Crippen LogP contribution in [0.3, 0.4) is 0 Å². The molecule has 0 atom stereocenters. The summed E-state index contributed by atoms with van der Waals surface area (Å²) in [6.07, 6.45) is 0. The molecule has 0 aromatic heterocycles. The molecule has 0 heterocycles. The minimum absolute atomic E-state index is 0.400. The maximum absolute atomic E-state index is 12.1. The first-order valence-electron chi connectivity index (χ1n) is 4.46. The number of rotatable bonds is 1. The van der Waals surface area contributed by atoms with Crippen LogP contribution in [0.4, 0.5) is 3.89 Å². The quantitative estimate of drug-likeness (QED) is 0.544. The van der Waals surface area contributed by atoms with E-state index in [1.165, 1.54) is 0 Å². The molecule has 0 aliphatic carbocycles. The molecule has 80 valence electrons. The van der Waals surface area contributed by atoms with E-state index in [4.69, 9.17) is 0 Å². The van der Waals surface area contributed by atoms with E-state index in [1.807, 2.05) is 26.0 Å². The summed E-state index contributed by atoms with van der Waals surface area (Å²) < 4.78 is 32.4. The molecule has 2 nitrogen and oxygen atoms in total. The Hall–Kier alpha value is -1.34. The van der Waals surface area contributed by atoms with Crippen molar-refractivity contribution in [3.8, 4) is 11.2 Å². The molecule has 0 bridgehead atoms. The van der Waals surface area contributed by atoms with E-state index in [9.17, 15) is 12.3 Å². The third kappa shape index (κ3) is 4.13. The second kappa shape index (κ2) is 4.45. The Balaban J connectivity index is 2.94. The molecule has 1 aromatic rings. The summed E-state index contributed by atoms with van der Waals surface area (Å²) in [5, 5.41) is 1.54. The first-order valence-corrected chi connectivity index (χ1v) is 5.84. The van der Waals surface area contributed by atoms with Crippen LogP contribution in [0.2, 0.25) is 0 Å². The highest BCUT2D eigenvalue weighted by atomic mass is 32.3. The lowest BCUT2D eigenvalue weighted by atomic mass is 10.0. The fourth-order valence-corrected chi connectivity index (χ4v) is 1.31. The Labute approximate surface area is 89.3 Å². The number of hydrogen-bond donors (Lipinski definition) is 0. The third-order valence-electron chi connectivity index (χ3n) is 1.89. The SMILES string of the molecule is CC(C)c1ccc(C#CS(=O)(=O)F)cc1. The van der Waals surface area contributed by atoms with Crippen LogP contribution in [-0.4, -0.2) is 8.42 Å². The van der Waals surface area contributed by atoms with Crippen LogP contribution in [0, 0.1) is 11.2 Å².